The fourth-order valence-electron chi connectivity index (χ4n) is 2.98. The van der Waals surface area contributed by atoms with Crippen LogP contribution in [0.15, 0.2) is 61.1 Å². The van der Waals surface area contributed by atoms with Gasteiger partial charge >= 0.3 is 0 Å². The third-order valence-corrected chi connectivity index (χ3v) is 4.36. The van der Waals surface area contributed by atoms with Crippen LogP contribution in [0.1, 0.15) is 38.1 Å². The van der Waals surface area contributed by atoms with E-state index in [9.17, 15) is 14.4 Å². The average molecular weight is 388 g/mol. The molecule has 1 aliphatic heterocycles. The van der Waals surface area contributed by atoms with Gasteiger partial charge in [-0.15, -0.1) is 0 Å². The third-order valence-electron chi connectivity index (χ3n) is 4.36. The molecule has 3 aromatic rings. The smallest absolute Gasteiger partial charge is 0.284 e. The van der Waals surface area contributed by atoms with Crippen molar-refractivity contribution in [2.24, 2.45) is 0 Å². The number of carbonyl (C=O) groups excluding carboxylic acids is 3. The number of nitrogens with zero attached hydrogens (tertiary/aromatic N) is 3. The summed E-state index contributed by atoms with van der Waals surface area (Å²) in [6, 6.07) is 13.2. The van der Waals surface area contributed by atoms with E-state index in [1.165, 1.54) is 12.5 Å². The highest BCUT2D eigenvalue weighted by Crippen LogP contribution is 2.27. The zero-order valence-electron chi connectivity index (χ0n) is 15.5. The molecule has 0 atom stereocenters. The van der Waals surface area contributed by atoms with Gasteiger partial charge in [0.2, 0.25) is 0 Å². The normalized spacial score (nSPS) is 12.7. The first-order chi connectivity index (χ1) is 14.1. The molecule has 2 aromatic carbocycles. The van der Waals surface area contributed by atoms with Gasteiger partial charge in [-0.1, -0.05) is 0 Å². The van der Waals surface area contributed by atoms with Gasteiger partial charge in [-0.3, -0.25) is 14.4 Å². The Labute approximate surface area is 166 Å². The Morgan fingerprint density at radius 3 is 2.41 bits per heavy atom. The Morgan fingerprint density at radius 2 is 1.76 bits per heavy atom. The molecule has 1 aliphatic rings. The van der Waals surface area contributed by atoms with Crippen molar-refractivity contribution in [1.82, 2.24) is 9.97 Å². The van der Waals surface area contributed by atoms with Gasteiger partial charge in [-0.05, 0) is 55.5 Å². The second-order valence-electron chi connectivity index (χ2n) is 6.19. The fourth-order valence-corrected chi connectivity index (χ4v) is 2.98. The highest BCUT2D eigenvalue weighted by molar-refractivity contribution is 6.33. The third kappa shape index (κ3) is 3.43. The van der Waals surface area contributed by atoms with Crippen molar-refractivity contribution in [2.75, 3.05) is 16.8 Å². The number of hydrogen-bond donors (Lipinski definition) is 1. The largest absolute Gasteiger partial charge is 0.494 e. The summed E-state index contributed by atoms with van der Waals surface area (Å²) in [5, 5.41) is 2.79. The van der Waals surface area contributed by atoms with Crippen molar-refractivity contribution in [2.45, 2.75) is 6.92 Å². The predicted octanol–water partition coefficient (Wildman–Crippen LogP) is 2.93. The van der Waals surface area contributed by atoms with Gasteiger partial charge in [0, 0.05) is 17.4 Å². The molecule has 0 aliphatic carbocycles. The highest BCUT2D eigenvalue weighted by atomic mass is 16.5. The molecule has 8 heteroatoms. The van der Waals surface area contributed by atoms with Crippen molar-refractivity contribution in [3.63, 3.8) is 0 Å². The first-order valence-corrected chi connectivity index (χ1v) is 8.91. The molecule has 0 saturated carbocycles. The Hall–Kier alpha value is -4.07. The van der Waals surface area contributed by atoms with Gasteiger partial charge in [-0.25, -0.2) is 14.9 Å². The zero-order valence-corrected chi connectivity index (χ0v) is 15.5. The summed E-state index contributed by atoms with van der Waals surface area (Å²) >= 11 is 0. The van der Waals surface area contributed by atoms with Crippen molar-refractivity contribution in [3.8, 4) is 5.75 Å². The molecule has 3 amide bonds. The van der Waals surface area contributed by atoms with E-state index in [2.05, 4.69) is 15.3 Å². The average Bonchev–Trinajstić information content (AvgIpc) is 3.00. The number of amides is 3. The second-order valence-corrected chi connectivity index (χ2v) is 6.19. The number of imide groups is 1. The summed E-state index contributed by atoms with van der Waals surface area (Å²) in [5.74, 6) is -0.592. The maximum Gasteiger partial charge on any atom is 0.284 e. The van der Waals surface area contributed by atoms with Crippen LogP contribution >= 0.6 is 0 Å². The van der Waals surface area contributed by atoms with Crippen LogP contribution in [0.3, 0.4) is 0 Å². The lowest BCUT2D eigenvalue weighted by atomic mass is 10.1. The van der Waals surface area contributed by atoms with Crippen LogP contribution in [0, 0.1) is 0 Å². The van der Waals surface area contributed by atoms with E-state index in [0.717, 1.165) is 10.6 Å². The number of benzene rings is 2. The molecule has 0 spiro atoms. The van der Waals surface area contributed by atoms with E-state index in [-0.39, 0.29) is 17.2 Å². The summed E-state index contributed by atoms with van der Waals surface area (Å²) in [6.45, 7) is 2.46. The maximum atomic E-state index is 12.5. The molecule has 0 fully saturated rings. The Balaban J connectivity index is 1.49. The fraction of sp³-hybridized carbons (Fsp3) is 0.0952. The highest BCUT2D eigenvalue weighted by Gasteiger charge is 2.38. The van der Waals surface area contributed by atoms with Crippen molar-refractivity contribution >= 4 is 29.1 Å². The van der Waals surface area contributed by atoms with Crippen molar-refractivity contribution < 1.29 is 19.1 Å². The zero-order chi connectivity index (χ0) is 20.4. The molecule has 1 N–H and O–H groups in total. The van der Waals surface area contributed by atoms with E-state index in [1.807, 2.05) is 6.92 Å². The number of nitrogens with one attached hydrogen (secondary N) is 1. The lowest BCUT2D eigenvalue weighted by Gasteiger charge is -2.14. The minimum atomic E-state index is -0.515. The standard InChI is InChI=1S/C21H16N4O4/c1-2-29-16-9-5-14(6-10-16)24-19(26)13-3-7-15(8-4-13)25-20(27)17-11-22-12-23-18(17)21(25)28/h3-12H,2H2,1H3,(H,24,26). The minimum absolute atomic E-state index is 0.0716. The SMILES string of the molecule is CCOc1ccc(NC(=O)c2ccc(N3C(=O)c4cncnc4C3=O)cc2)cc1. The van der Waals surface area contributed by atoms with E-state index >= 15 is 0 Å². The van der Waals surface area contributed by atoms with Crippen LogP contribution in [0.5, 0.6) is 5.75 Å². The van der Waals surface area contributed by atoms with Crippen LogP contribution in [0.4, 0.5) is 11.4 Å². The van der Waals surface area contributed by atoms with Crippen LogP contribution in [-0.2, 0) is 0 Å². The monoisotopic (exact) mass is 388 g/mol. The first-order valence-electron chi connectivity index (χ1n) is 8.91. The van der Waals surface area contributed by atoms with E-state index in [0.29, 0.717) is 23.5 Å². The quantitative estimate of drug-likeness (QED) is 0.675. The topological polar surface area (TPSA) is 101 Å². The Bertz CT molecular complexity index is 1060. The van der Waals surface area contributed by atoms with Gasteiger partial charge in [-0.2, -0.15) is 0 Å². The molecule has 0 saturated heterocycles. The Kier molecular flexibility index (Phi) is 4.74. The molecule has 29 heavy (non-hydrogen) atoms. The second kappa shape index (κ2) is 7.51. The van der Waals surface area contributed by atoms with Gasteiger partial charge < -0.3 is 10.1 Å². The van der Waals surface area contributed by atoms with Gasteiger partial charge in [0.25, 0.3) is 17.7 Å². The summed E-state index contributed by atoms with van der Waals surface area (Å²) in [7, 11) is 0. The van der Waals surface area contributed by atoms with E-state index < -0.39 is 11.8 Å². The molecule has 1 aromatic heterocycles. The minimum Gasteiger partial charge on any atom is -0.494 e. The molecular weight excluding hydrogens is 372 g/mol. The summed E-state index contributed by atoms with van der Waals surface area (Å²) in [4.78, 5) is 46.1. The molecular formula is C21H16N4O4. The van der Waals surface area contributed by atoms with Crippen molar-refractivity contribution in [1.29, 1.82) is 0 Å². The van der Waals surface area contributed by atoms with E-state index in [1.54, 1.807) is 48.5 Å². The predicted molar refractivity (Wildman–Crippen MR) is 105 cm³/mol. The Morgan fingerprint density at radius 1 is 1.03 bits per heavy atom. The molecule has 2 heterocycles. The van der Waals surface area contributed by atoms with E-state index in [4.69, 9.17) is 4.74 Å². The molecule has 4 rings (SSSR count). The van der Waals surface area contributed by atoms with Crippen LogP contribution in [0.25, 0.3) is 0 Å². The number of anilines is 2. The summed E-state index contributed by atoms with van der Waals surface area (Å²) in [6.07, 6.45) is 2.54. The van der Waals surface area contributed by atoms with Gasteiger partial charge in [0.1, 0.15) is 17.8 Å². The maximum absolute atomic E-state index is 12.5. The number of fused-ring (bicyclic) bond motifs is 1. The number of ether oxygens (including phenoxy) is 1. The van der Waals surface area contributed by atoms with Crippen molar-refractivity contribution in [3.05, 3.63) is 77.9 Å². The van der Waals surface area contributed by atoms with Gasteiger partial charge in [0.05, 0.1) is 17.9 Å². The molecule has 0 unspecified atom stereocenters. The summed E-state index contributed by atoms with van der Waals surface area (Å²) in [5.41, 5.74) is 1.60. The number of rotatable bonds is 5. The van der Waals surface area contributed by atoms with Gasteiger partial charge in [0.15, 0.2) is 0 Å². The molecule has 8 nitrogen and oxygen atoms in total. The molecule has 0 bridgehead atoms. The number of aromatic nitrogens is 2. The molecule has 0 radical (unpaired) electrons. The van der Waals surface area contributed by atoms with Crippen LogP contribution in [-0.4, -0.2) is 34.3 Å². The number of hydrogen-bond acceptors (Lipinski definition) is 6. The van der Waals surface area contributed by atoms with Crippen LogP contribution < -0.4 is 15.0 Å². The lowest BCUT2D eigenvalue weighted by Crippen LogP contribution is -2.29. The molecule has 144 valence electrons. The lowest BCUT2D eigenvalue weighted by molar-refractivity contribution is 0.0924. The first kappa shape index (κ1) is 18.3. The summed E-state index contributed by atoms with van der Waals surface area (Å²) < 4.78 is 5.37. The number of carbonyl (C=O) groups is 3. The van der Waals surface area contributed by atoms with Crippen LogP contribution in [0.2, 0.25) is 0 Å².